The molecule has 0 saturated heterocycles. The molecule has 1 N–H and O–H groups in total. The number of rotatable bonds is 5. The number of nitrogens with zero attached hydrogens (tertiary/aromatic N) is 2. The van der Waals surface area contributed by atoms with Gasteiger partial charge in [0.15, 0.2) is 0 Å². The van der Waals surface area contributed by atoms with Gasteiger partial charge in [-0.1, -0.05) is 0 Å². The SMILES string of the molecule is Cc1ccc(CNC(=O)C(C#N)=Cc2ccc([N+](=O)[O-])cc2)o1. The largest absolute Gasteiger partial charge is 0.465 e. The number of nitrogens with one attached hydrogen (secondary N) is 1. The molecule has 0 unspecified atom stereocenters. The minimum atomic E-state index is -0.542. The lowest BCUT2D eigenvalue weighted by Gasteiger charge is -2.02. The number of carbonyl (C=O) groups is 1. The number of nitro benzene ring substituents is 1. The van der Waals surface area contributed by atoms with E-state index >= 15 is 0 Å². The maximum absolute atomic E-state index is 12.0. The van der Waals surface area contributed by atoms with Crippen molar-refractivity contribution >= 4 is 17.7 Å². The summed E-state index contributed by atoms with van der Waals surface area (Å²) in [4.78, 5) is 22.1. The predicted molar refractivity (Wildman–Crippen MR) is 82.0 cm³/mol. The van der Waals surface area contributed by atoms with Crippen molar-refractivity contribution in [2.45, 2.75) is 13.5 Å². The van der Waals surface area contributed by atoms with E-state index in [1.54, 1.807) is 19.1 Å². The zero-order chi connectivity index (χ0) is 16.8. The maximum Gasteiger partial charge on any atom is 0.269 e. The summed E-state index contributed by atoms with van der Waals surface area (Å²) in [5, 5.41) is 22.3. The second kappa shape index (κ2) is 7.04. The van der Waals surface area contributed by atoms with E-state index in [1.165, 1.54) is 30.3 Å². The Kier molecular flexibility index (Phi) is 4.89. The first-order chi connectivity index (χ1) is 11.0. The molecule has 0 aliphatic rings. The lowest BCUT2D eigenvalue weighted by atomic mass is 10.1. The van der Waals surface area contributed by atoms with Crippen LogP contribution in [0.1, 0.15) is 17.1 Å². The highest BCUT2D eigenvalue weighted by Crippen LogP contribution is 2.14. The number of amides is 1. The lowest BCUT2D eigenvalue weighted by molar-refractivity contribution is -0.384. The van der Waals surface area contributed by atoms with E-state index in [4.69, 9.17) is 9.68 Å². The smallest absolute Gasteiger partial charge is 0.269 e. The Balaban J connectivity index is 2.07. The van der Waals surface area contributed by atoms with Crippen LogP contribution in [-0.2, 0) is 11.3 Å². The normalized spacial score (nSPS) is 10.9. The molecule has 0 fully saturated rings. The highest BCUT2D eigenvalue weighted by molar-refractivity contribution is 6.01. The van der Waals surface area contributed by atoms with Crippen molar-refractivity contribution in [2.75, 3.05) is 0 Å². The van der Waals surface area contributed by atoms with Crippen LogP contribution in [0.15, 0.2) is 46.4 Å². The predicted octanol–water partition coefficient (Wildman–Crippen LogP) is 2.72. The minimum absolute atomic E-state index is 0.0571. The van der Waals surface area contributed by atoms with E-state index in [9.17, 15) is 14.9 Å². The summed E-state index contributed by atoms with van der Waals surface area (Å²) < 4.78 is 5.32. The number of hydrogen-bond acceptors (Lipinski definition) is 5. The number of carbonyl (C=O) groups excluding carboxylic acids is 1. The molecule has 0 aliphatic heterocycles. The van der Waals surface area contributed by atoms with Crippen molar-refractivity contribution in [3.63, 3.8) is 0 Å². The number of hydrogen-bond donors (Lipinski definition) is 1. The molecule has 0 spiro atoms. The van der Waals surface area contributed by atoms with Crippen LogP contribution in [0.4, 0.5) is 5.69 Å². The number of benzene rings is 1. The molecule has 1 amide bonds. The van der Waals surface area contributed by atoms with Gasteiger partial charge in [0.25, 0.3) is 11.6 Å². The molecular weight excluding hydrogens is 298 g/mol. The molecule has 1 aromatic heterocycles. The molecule has 7 nitrogen and oxygen atoms in total. The van der Waals surface area contributed by atoms with Gasteiger partial charge in [0, 0.05) is 12.1 Å². The third-order valence-electron chi connectivity index (χ3n) is 3.00. The van der Waals surface area contributed by atoms with Crippen molar-refractivity contribution < 1.29 is 14.1 Å². The van der Waals surface area contributed by atoms with E-state index in [0.717, 1.165) is 5.76 Å². The fraction of sp³-hybridized carbons (Fsp3) is 0.125. The molecule has 2 aromatic rings. The van der Waals surface area contributed by atoms with Gasteiger partial charge in [0.2, 0.25) is 0 Å². The number of aryl methyl sites for hydroxylation is 1. The summed E-state index contributed by atoms with van der Waals surface area (Å²) in [7, 11) is 0. The summed E-state index contributed by atoms with van der Waals surface area (Å²) in [5.74, 6) is 0.777. The molecule has 0 saturated carbocycles. The fourth-order valence-electron chi connectivity index (χ4n) is 1.85. The molecule has 0 radical (unpaired) electrons. The summed E-state index contributed by atoms with van der Waals surface area (Å²) in [6, 6.07) is 10.9. The average Bonchev–Trinajstić information content (AvgIpc) is 2.96. The first-order valence-corrected chi connectivity index (χ1v) is 6.69. The molecule has 0 bridgehead atoms. The second-order valence-corrected chi connectivity index (χ2v) is 4.71. The minimum Gasteiger partial charge on any atom is -0.465 e. The van der Waals surface area contributed by atoms with Crippen LogP contribution >= 0.6 is 0 Å². The Morgan fingerprint density at radius 3 is 2.57 bits per heavy atom. The topological polar surface area (TPSA) is 109 Å². The number of non-ortho nitro benzene ring substituents is 1. The zero-order valence-corrected chi connectivity index (χ0v) is 12.3. The zero-order valence-electron chi connectivity index (χ0n) is 12.3. The van der Waals surface area contributed by atoms with Crippen molar-refractivity contribution in [3.8, 4) is 6.07 Å². The highest BCUT2D eigenvalue weighted by Gasteiger charge is 2.10. The lowest BCUT2D eigenvalue weighted by Crippen LogP contribution is -2.23. The van der Waals surface area contributed by atoms with Crippen LogP contribution < -0.4 is 5.32 Å². The first kappa shape index (κ1) is 16.0. The first-order valence-electron chi connectivity index (χ1n) is 6.69. The van der Waals surface area contributed by atoms with E-state index in [2.05, 4.69) is 5.32 Å². The molecule has 0 aliphatic carbocycles. The molecule has 2 rings (SSSR count). The van der Waals surface area contributed by atoms with Gasteiger partial charge in [-0.15, -0.1) is 0 Å². The van der Waals surface area contributed by atoms with E-state index in [1.807, 2.05) is 6.07 Å². The second-order valence-electron chi connectivity index (χ2n) is 4.71. The van der Waals surface area contributed by atoms with E-state index in [0.29, 0.717) is 11.3 Å². The summed E-state index contributed by atoms with van der Waals surface area (Å²) in [5.41, 5.74) is 0.372. The van der Waals surface area contributed by atoms with Gasteiger partial charge in [-0.05, 0) is 42.8 Å². The van der Waals surface area contributed by atoms with Crippen LogP contribution in [0.25, 0.3) is 6.08 Å². The van der Waals surface area contributed by atoms with Crippen molar-refractivity contribution in [1.82, 2.24) is 5.32 Å². The molecule has 23 heavy (non-hydrogen) atoms. The highest BCUT2D eigenvalue weighted by atomic mass is 16.6. The van der Waals surface area contributed by atoms with Crippen LogP contribution in [0.5, 0.6) is 0 Å². The van der Waals surface area contributed by atoms with Crippen molar-refractivity contribution in [1.29, 1.82) is 5.26 Å². The molecule has 116 valence electrons. The molecule has 1 aromatic carbocycles. The number of furan rings is 1. The molecule has 1 heterocycles. The maximum atomic E-state index is 12.0. The standard InChI is InChI=1S/C16H13N3O4/c1-11-2-7-15(23-11)10-18-16(20)13(9-17)8-12-3-5-14(6-4-12)19(21)22/h2-8H,10H2,1H3,(H,18,20). The van der Waals surface area contributed by atoms with Crippen LogP contribution in [0, 0.1) is 28.4 Å². The van der Waals surface area contributed by atoms with Gasteiger partial charge in [0.1, 0.15) is 23.2 Å². The Bertz CT molecular complexity index is 797. The van der Waals surface area contributed by atoms with E-state index < -0.39 is 10.8 Å². The summed E-state index contributed by atoms with van der Waals surface area (Å²) >= 11 is 0. The third-order valence-corrected chi connectivity index (χ3v) is 3.00. The quantitative estimate of drug-likeness (QED) is 0.395. The summed E-state index contributed by atoms with van der Waals surface area (Å²) in [6.45, 7) is 1.96. The Morgan fingerprint density at radius 2 is 2.04 bits per heavy atom. The average molecular weight is 311 g/mol. The monoisotopic (exact) mass is 311 g/mol. The molecule has 0 atom stereocenters. The Morgan fingerprint density at radius 1 is 1.35 bits per heavy atom. The van der Waals surface area contributed by atoms with E-state index in [-0.39, 0.29) is 17.8 Å². The van der Waals surface area contributed by atoms with Gasteiger partial charge in [-0.3, -0.25) is 14.9 Å². The number of nitriles is 1. The van der Waals surface area contributed by atoms with Gasteiger partial charge in [-0.25, -0.2) is 0 Å². The van der Waals surface area contributed by atoms with Crippen LogP contribution in [0.2, 0.25) is 0 Å². The van der Waals surface area contributed by atoms with Gasteiger partial charge in [0.05, 0.1) is 11.5 Å². The molecule has 7 heteroatoms. The van der Waals surface area contributed by atoms with Gasteiger partial charge >= 0.3 is 0 Å². The molecular formula is C16H13N3O4. The van der Waals surface area contributed by atoms with Crippen molar-refractivity contribution in [3.05, 3.63) is 69.2 Å². The van der Waals surface area contributed by atoms with Gasteiger partial charge in [-0.2, -0.15) is 5.26 Å². The Hall–Kier alpha value is -3.40. The van der Waals surface area contributed by atoms with Gasteiger partial charge < -0.3 is 9.73 Å². The van der Waals surface area contributed by atoms with Crippen LogP contribution in [-0.4, -0.2) is 10.8 Å². The Labute approximate surface area is 132 Å². The third kappa shape index (κ3) is 4.28. The van der Waals surface area contributed by atoms with Crippen molar-refractivity contribution in [2.24, 2.45) is 0 Å². The van der Waals surface area contributed by atoms with Crippen LogP contribution in [0.3, 0.4) is 0 Å². The summed E-state index contributed by atoms with van der Waals surface area (Å²) in [6.07, 6.45) is 1.37. The number of nitro groups is 1. The fourth-order valence-corrected chi connectivity index (χ4v) is 1.85.